The number of nitrogens with zero attached hydrogens (tertiary/aromatic N) is 1. The van der Waals surface area contributed by atoms with Crippen LogP contribution in [0.4, 0.5) is 5.13 Å². The van der Waals surface area contributed by atoms with Gasteiger partial charge >= 0.3 is 0 Å². The smallest absolute Gasteiger partial charge is 0.232 e. The number of ketones is 1. The molecule has 4 rings (SSSR count). The van der Waals surface area contributed by atoms with E-state index in [2.05, 4.69) is 10.3 Å². The topological polar surface area (TPSA) is 60.5 Å². The molecule has 0 bridgehead atoms. The Labute approximate surface area is 165 Å². The standard InChI is InChI=1S/C20H17ClN2O3S/c1-3-25-19-13(18(24)12-9-11(2)7-8-15(12)26-19)10-22-20-23-17-14(21)5-4-6-16(17)27-20/h4-10,19H,3H2,1-2H3,(H,22,23)/b13-10-. The van der Waals surface area contributed by atoms with Crippen molar-refractivity contribution in [2.24, 2.45) is 0 Å². The summed E-state index contributed by atoms with van der Waals surface area (Å²) in [6, 6.07) is 11.2. The van der Waals surface area contributed by atoms with Gasteiger partial charge in [-0.2, -0.15) is 0 Å². The molecule has 0 radical (unpaired) electrons. The van der Waals surface area contributed by atoms with E-state index in [-0.39, 0.29) is 5.78 Å². The van der Waals surface area contributed by atoms with Crippen molar-refractivity contribution < 1.29 is 14.3 Å². The monoisotopic (exact) mass is 400 g/mol. The molecule has 0 aliphatic carbocycles. The molecule has 138 valence electrons. The van der Waals surface area contributed by atoms with Gasteiger partial charge < -0.3 is 14.8 Å². The van der Waals surface area contributed by atoms with Crippen molar-refractivity contribution in [2.45, 2.75) is 20.1 Å². The van der Waals surface area contributed by atoms with Gasteiger partial charge in [-0.05, 0) is 38.1 Å². The molecule has 1 aromatic heterocycles. The van der Waals surface area contributed by atoms with E-state index in [1.54, 1.807) is 18.3 Å². The van der Waals surface area contributed by atoms with Gasteiger partial charge in [0.05, 0.1) is 20.9 Å². The highest BCUT2D eigenvalue weighted by Crippen LogP contribution is 2.33. The molecule has 0 saturated carbocycles. The number of ether oxygens (including phenoxy) is 2. The van der Waals surface area contributed by atoms with Crippen LogP contribution in [-0.4, -0.2) is 23.7 Å². The number of hydrogen-bond acceptors (Lipinski definition) is 6. The first-order chi connectivity index (χ1) is 13.1. The van der Waals surface area contributed by atoms with Gasteiger partial charge in [-0.3, -0.25) is 4.79 Å². The number of para-hydroxylation sites is 1. The second-order valence-electron chi connectivity index (χ2n) is 6.08. The number of nitrogens with one attached hydrogen (secondary N) is 1. The Bertz CT molecular complexity index is 1060. The third-order valence-electron chi connectivity index (χ3n) is 4.17. The summed E-state index contributed by atoms with van der Waals surface area (Å²) >= 11 is 7.64. The number of halogens is 1. The third-order valence-corrected chi connectivity index (χ3v) is 5.43. The van der Waals surface area contributed by atoms with Crippen molar-refractivity contribution in [1.29, 1.82) is 0 Å². The molecule has 1 unspecified atom stereocenters. The van der Waals surface area contributed by atoms with Crippen molar-refractivity contribution in [3.05, 3.63) is 64.3 Å². The van der Waals surface area contributed by atoms with Gasteiger partial charge in [-0.25, -0.2) is 4.98 Å². The molecule has 3 aromatic rings. The summed E-state index contributed by atoms with van der Waals surface area (Å²) in [4.78, 5) is 17.5. The molecule has 0 spiro atoms. The van der Waals surface area contributed by atoms with Crippen LogP contribution in [0.1, 0.15) is 22.8 Å². The van der Waals surface area contributed by atoms with Crippen molar-refractivity contribution in [3.8, 4) is 5.75 Å². The fraction of sp³-hybridized carbons (Fsp3) is 0.200. The number of anilines is 1. The average Bonchev–Trinajstić information content (AvgIpc) is 3.07. The maximum absolute atomic E-state index is 13.0. The zero-order chi connectivity index (χ0) is 19.0. The van der Waals surface area contributed by atoms with Crippen LogP contribution in [0.25, 0.3) is 10.2 Å². The van der Waals surface area contributed by atoms with Crippen LogP contribution < -0.4 is 10.1 Å². The molecule has 1 atom stereocenters. The molecule has 7 heteroatoms. The average molecular weight is 401 g/mol. The Morgan fingerprint density at radius 2 is 2.22 bits per heavy atom. The zero-order valence-corrected chi connectivity index (χ0v) is 16.4. The minimum atomic E-state index is -0.761. The van der Waals surface area contributed by atoms with Crippen LogP contribution in [0.3, 0.4) is 0 Å². The third kappa shape index (κ3) is 3.43. The molecular weight excluding hydrogens is 384 g/mol. The minimum absolute atomic E-state index is 0.120. The first kappa shape index (κ1) is 18.0. The summed E-state index contributed by atoms with van der Waals surface area (Å²) < 4.78 is 12.5. The van der Waals surface area contributed by atoms with Crippen molar-refractivity contribution in [1.82, 2.24) is 4.98 Å². The van der Waals surface area contributed by atoms with Gasteiger partial charge in [0.1, 0.15) is 11.3 Å². The Morgan fingerprint density at radius 1 is 1.37 bits per heavy atom. The highest BCUT2D eigenvalue weighted by molar-refractivity contribution is 7.22. The van der Waals surface area contributed by atoms with Crippen LogP contribution in [-0.2, 0) is 4.74 Å². The van der Waals surface area contributed by atoms with E-state index in [1.807, 2.05) is 38.1 Å². The van der Waals surface area contributed by atoms with Gasteiger partial charge in [-0.1, -0.05) is 40.6 Å². The van der Waals surface area contributed by atoms with Crippen LogP contribution in [0.5, 0.6) is 5.75 Å². The Hall–Kier alpha value is -2.41. The highest BCUT2D eigenvalue weighted by atomic mass is 35.5. The molecule has 1 aliphatic rings. The van der Waals surface area contributed by atoms with E-state index in [9.17, 15) is 4.79 Å². The van der Waals surface area contributed by atoms with E-state index in [4.69, 9.17) is 21.1 Å². The molecule has 1 N–H and O–H groups in total. The van der Waals surface area contributed by atoms with Gasteiger partial charge in [0.15, 0.2) is 10.9 Å². The van der Waals surface area contributed by atoms with Crippen molar-refractivity contribution >= 4 is 44.1 Å². The lowest BCUT2D eigenvalue weighted by atomic mass is 9.98. The number of aromatic nitrogens is 1. The first-order valence-corrected chi connectivity index (χ1v) is 9.71. The summed E-state index contributed by atoms with van der Waals surface area (Å²) in [5.41, 5.74) is 2.67. The number of rotatable bonds is 4. The van der Waals surface area contributed by atoms with Gasteiger partial charge in [0, 0.05) is 12.8 Å². The number of hydrogen-bond donors (Lipinski definition) is 1. The fourth-order valence-corrected chi connectivity index (χ4v) is 4.03. The van der Waals surface area contributed by atoms with Crippen LogP contribution in [0.2, 0.25) is 5.02 Å². The Balaban J connectivity index is 1.68. The lowest BCUT2D eigenvalue weighted by Crippen LogP contribution is -2.33. The predicted molar refractivity (Wildman–Crippen MR) is 108 cm³/mol. The number of benzene rings is 2. The SMILES string of the molecule is CCOC1Oc2ccc(C)cc2C(=O)/C1=C/Nc1nc2c(Cl)cccc2s1. The zero-order valence-electron chi connectivity index (χ0n) is 14.8. The largest absolute Gasteiger partial charge is 0.460 e. The first-order valence-electron chi connectivity index (χ1n) is 8.52. The number of aryl methyl sites for hydroxylation is 1. The molecule has 2 heterocycles. The van der Waals surface area contributed by atoms with Gasteiger partial charge in [0.2, 0.25) is 6.29 Å². The maximum Gasteiger partial charge on any atom is 0.232 e. The molecule has 2 aromatic carbocycles. The van der Waals surface area contributed by atoms with E-state index in [0.717, 1.165) is 15.8 Å². The second-order valence-corrected chi connectivity index (χ2v) is 7.52. The molecule has 0 amide bonds. The van der Waals surface area contributed by atoms with Gasteiger partial charge in [0.25, 0.3) is 0 Å². The van der Waals surface area contributed by atoms with E-state index >= 15 is 0 Å². The number of fused-ring (bicyclic) bond motifs is 2. The normalized spacial score (nSPS) is 17.8. The highest BCUT2D eigenvalue weighted by Gasteiger charge is 2.32. The summed E-state index contributed by atoms with van der Waals surface area (Å²) in [7, 11) is 0. The molecule has 0 saturated heterocycles. The lowest BCUT2D eigenvalue weighted by molar-refractivity contribution is -0.0509. The molecule has 0 fully saturated rings. The van der Waals surface area contributed by atoms with Crippen LogP contribution in [0.15, 0.2) is 48.2 Å². The molecule has 5 nitrogen and oxygen atoms in total. The molecule has 1 aliphatic heterocycles. The summed E-state index contributed by atoms with van der Waals surface area (Å²) in [6.07, 6.45) is 0.850. The fourth-order valence-electron chi connectivity index (χ4n) is 2.89. The maximum atomic E-state index is 13.0. The molecular formula is C20H17ClN2O3S. The van der Waals surface area contributed by atoms with Crippen molar-refractivity contribution in [3.63, 3.8) is 0 Å². The number of Topliss-reactive ketones (excluding diaryl/α,β-unsaturated/α-hetero) is 1. The van der Waals surface area contributed by atoms with Crippen LogP contribution in [0, 0.1) is 6.92 Å². The Kier molecular flexibility index (Phi) is 4.86. The molecule has 27 heavy (non-hydrogen) atoms. The summed E-state index contributed by atoms with van der Waals surface area (Å²) in [6.45, 7) is 4.22. The van der Waals surface area contributed by atoms with E-state index in [1.165, 1.54) is 11.3 Å². The predicted octanol–water partition coefficient (Wildman–Crippen LogP) is 5.19. The Morgan fingerprint density at radius 3 is 3.00 bits per heavy atom. The number of carbonyl (C=O) groups excluding carboxylic acids is 1. The number of thiazole rings is 1. The minimum Gasteiger partial charge on any atom is -0.460 e. The summed E-state index contributed by atoms with van der Waals surface area (Å²) in [5, 5.41) is 4.34. The van der Waals surface area contributed by atoms with E-state index < -0.39 is 6.29 Å². The quantitative estimate of drug-likeness (QED) is 0.610. The second kappa shape index (κ2) is 7.31. The summed E-state index contributed by atoms with van der Waals surface area (Å²) in [5.74, 6) is 0.415. The van der Waals surface area contributed by atoms with Crippen molar-refractivity contribution in [2.75, 3.05) is 11.9 Å². The van der Waals surface area contributed by atoms with Gasteiger partial charge in [-0.15, -0.1) is 0 Å². The van der Waals surface area contributed by atoms with E-state index in [0.29, 0.717) is 33.6 Å². The lowest BCUT2D eigenvalue weighted by Gasteiger charge is -2.27. The number of carbonyl (C=O) groups is 1. The van der Waals surface area contributed by atoms with Crippen LogP contribution >= 0.6 is 22.9 Å².